The van der Waals surface area contributed by atoms with E-state index in [1.165, 1.54) is 11.1 Å². The molecule has 2 rings (SSSR count). The molecule has 0 atom stereocenters. The summed E-state index contributed by atoms with van der Waals surface area (Å²) in [5.41, 5.74) is 2.60. The average molecular weight is 429 g/mol. The molecule has 0 aliphatic heterocycles. The van der Waals surface area contributed by atoms with Crippen molar-refractivity contribution >= 4 is 0 Å². The normalized spacial score (nSPS) is 11.1. The van der Waals surface area contributed by atoms with Crippen LogP contribution in [-0.4, -0.2) is 36.6 Å². The summed E-state index contributed by atoms with van der Waals surface area (Å²) in [5.74, 6) is 2.20. The van der Waals surface area contributed by atoms with Gasteiger partial charge in [0.15, 0.2) is 0 Å². The molecule has 0 bridgehead atoms. The predicted molar refractivity (Wildman–Crippen MR) is 127 cm³/mol. The summed E-state index contributed by atoms with van der Waals surface area (Å²) in [5, 5.41) is 17.6. The van der Waals surface area contributed by atoms with Gasteiger partial charge in [-0.2, -0.15) is 0 Å². The van der Waals surface area contributed by atoms with Crippen LogP contribution in [0, 0.1) is 0 Å². The Balaban J connectivity index is 1.80. The predicted octanol–water partition coefficient (Wildman–Crippen LogP) is 6.09. The first kappa shape index (κ1) is 25.2. The molecule has 4 heteroatoms. The number of rotatable bonds is 17. The lowest BCUT2D eigenvalue weighted by molar-refractivity contribution is 0.273. The fraction of sp³-hybridized carbons (Fsp3) is 0.556. The van der Waals surface area contributed by atoms with Crippen LogP contribution in [0.2, 0.25) is 0 Å². The van der Waals surface area contributed by atoms with Crippen LogP contribution in [0.25, 0.3) is 0 Å². The molecular formula is C27H40O4. The first-order valence-electron chi connectivity index (χ1n) is 12.0. The Morgan fingerprint density at radius 3 is 1.32 bits per heavy atom. The minimum absolute atomic E-state index is 0.281. The van der Waals surface area contributed by atoms with E-state index in [2.05, 4.69) is 55.5 Å². The molecule has 172 valence electrons. The lowest BCUT2D eigenvalue weighted by Gasteiger charge is -2.17. The van der Waals surface area contributed by atoms with Crippen molar-refractivity contribution in [3.8, 4) is 11.5 Å². The number of benzene rings is 2. The molecule has 0 radical (unpaired) electrons. The maximum atomic E-state index is 8.81. The van der Waals surface area contributed by atoms with Gasteiger partial charge in [0.05, 0.1) is 13.2 Å². The third-order valence-corrected chi connectivity index (χ3v) is 5.62. The van der Waals surface area contributed by atoms with Gasteiger partial charge in [0, 0.05) is 19.1 Å². The zero-order valence-corrected chi connectivity index (χ0v) is 19.1. The summed E-state index contributed by atoms with van der Waals surface area (Å²) in [6.45, 7) is 4.24. The molecule has 0 aromatic heterocycles. The highest BCUT2D eigenvalue weighted by atomic mass is 16.5. The molecule has 2 N–H and O–H groups in total. The Kier molecular flexibility index (Phi) is 12.8. The zero-order chi connectivity index (χ0) is 22.2. The summed E-state index contributed by atoms with van der Waals surface area (Å²) >= 11 is 0. The number of hydrogen-bond donors (Lipinski definition) is 2. The summed E-state index contributed by atoms with van der Waals surface area (Å²) in [4.78, 5) is 0. The Hall–Kier alpha value is -2.04. The second-order valence-electron chi connectivity index (χ2n) is 8.07. The second kappa shape index (κ2) is 15.7. The molecule has 2 aromatic carbocycles. The van der Waals surface area contributed by atoms with E-state index in [0.717, 1.165) is 82.5 Å². The van der Waals surface area contributed by atoms with Crippen LogP contribution in [0.4, 0.5) is 0 Å². The van der Waals surface area contributed by atoms with Crippen LogP contribution in [0.5, 0.6) is 11.5 Å². The van der Waals surface area contributed by atoms with E-state index in [4.69, 9.17) is 19.7 Å². The third-order valence-electron chi connectivity index (χ3n) is 5.62. The van der Waals surface area contributed by atoms with Gasteiger partial charge in [0.1, 0.15) is 11.5 Å². The van der Waals surface area contributed by atoms with E-state index in [1.807, 2.05) is 0 Å². The Bertz CT molecular complexity index is 622. The maximum Gasteiger partial charge on any atom is 0.119 e. The van der Waals surface area contributed by atoms with Gasteiger partial charge in [-0.05, 0) is 80.3 Å². The quantitative estimate of drug-likeness (QED) is 0.299. The fourth-order valence-corrected chi connectivity index (χ4v) is 3.77. The number of aliphatic hydroxyl groups is 2. The van der Waals surface area contributed by atoms with Crippen molar-refractivity contribution < 1.29 is 19.7 Å². The molecule has 2 aromatic rings. The van der Waals surface area contributed by atoms with Gasteiger partial charge in [-0.3, -0.25) is 0 Å². The van der Waals surface area contributed by atoms with Crippen molar-refractivity contribution in [1.29, 1.82) is 0 Å². The first-order chi connectivity index (χ1) is 15.3. The Morgan fingerprint density at radius 1 is 0.581 bits per heavy atom. The van der Waals surface area contributed by atoms with Gasteiger partial charge in [-0.1, -0.05) is 44.0 Å². The molecule has 0 saturated carbocycles. The molecule has 0 spiro atoms. The van der Waals surface area contributed by atoms with Crippen LogP contribution < -0.4 is 9.47 Å². The van der Waals surface area contributed by atoms with Crippen LogP contribution >= 0.6 is 0 Å². The van der Waals surface area contributed by atoms with Crippen LogP contribution in [-0.2, 0) is 0 Å². The summed E-state index contributed by atoms with van der Waals surface area (Å²) < 4.78 is 11.7. The highest BCUT2D eigenvalue weighted by molar-refractivity contribution is 5.38. The molecule has 0 aliphatic carbocycles. The van der Waals surface area contributed by atoms with Crippen molar-refractivity contribution in [2.45, 2.75) is 70.6 Å². The largest absolute Gasteiger partial charge is 0.494 e. The van der Waals surface area contributed by atoms with Crippen LogP contribution in [0.1, 0.15) is 81.8 Å². The molecule has 0 heterocycles. The Labute approximate surface area is 188 Å². The van der Waals surface area contributed by atoms with Gasteiger partial charge in [0.2, 0.25) is 0 Å². The lowest BCUT2D eigenvalue weighted by Crippen LogP contribution is -2.02. The van der Waals surface area contributed by atoms with E-state index in [9.17, 15) is 0 Å². The molecule has 0 aliphatic rings. The van der Waals surface area contributed by atoms with Gasteiger partial charge in [-0.15, -0.1) is 0 Å². The molecular weight excluding hydrogens is 388 g/mol. The minimum Gasteiger partial charge on any atom is -0.494 e. The van der Waals surface area contributed by atoms with Crippen molar-refractivity contribution in [3.05, 3.63) is 59.7 Å². The van der Waals surface area contributed by atoms with Crippen LogP contribution in [0.3, 0.4) is 0 Å². The van der Waals surface area contributed by atoms with Gasteiger partial charge >= 0.3 is 0 Å². The molecule has 4 nitrogen and oxygen atoms in total. The van der Waals surface area contributed by atoms with E-state index in [1.54, 1.807) is 0 Å². The highest BCUT2D eigenvalue weighted by Crippen LogP contribution is 2.30. The summed E-state index contributed by atoms with van der Waals surface area (Å²) in [6.07, 6.45) is 9.16. The first-order valence-corrected chi connectivity index (χ1v) is 12.0. The van der Waals surface area contributed by atoms with E-state index in [0.29, 0.717) is 5.92 Å². The van der Waals surface area contributed by atoms with E-state index in [-0.39, 0.29) is 13.2 Å². The van der Waals surface area contributed by atoms with E-state index >= 15 is 0 Å². The van der Waals surface area contributed by atoms with Gasteiger partial charge in [0.25, 0.3) is 0 Å². The topological polar surface area (TPSA) is 58.9 Å². The van der Waals surface area contributed by atoms with Crippen molar-refractivity contribution in [1.82, 2.24) is 0 Å². The lowest BCUT2D eigenvalue weighted by atomic mass is 9.89. The standard InChI is InChI=1S/C27H40O4/c1-2-27(23-11-15-25(16-12-23)30-21-9-5-3-7-19-28)24-13-17-26(18-14-24)31-22-10-6-4-8-20-29/h11-18,27-29H,2-10,19-22H2,1H3. The van der Waals surface area contributed by atoms with Crippen LogP contribution in [0.15, 0.2) is 48.5 Å². The Morgan fingerprint density at radius 2 is 0.968 bits per heavy atom. The molecule has 0 amide bonds. The molecule has 0 saturated heterocycles. The smallest absolute Gasteiger partial charge is 0.119 e. The second-order valence-corrected chi connectivity index (χ2v) is 8.07. The fourth-order valence-electron chi connectivity index (χ4n) is 3.77. The maximum absolute atomic E-state index is 8.81. The van der Waals surface area contributed by atoms with Crippen molar-refractivity contribution in [3.63, 3.8) is 0 Å². The third kappa shape index (κ3) is 9.75. The van der Waals surface area contributed by atoms with E-state index < -0.39 is 0 Å². The highest BCUT2D eigenvalue weighted by Gasteiger charge is 2.12. The summed E-state index contributed by atoms with van der Waals surface area (Å²) in [7, 11) is 0. The number of ether oxygens (including phenoxy) is 2. The number of aliphatic hydroxyl groups excluding tert-OH is 2. The molecule has 0 unspecified atom stereocenters. The van der Waals surface area contributed by atoms with Crippen molar-refractivity contribution in [2.24, 2.45) is 0 Å². The minimum atomic E-state index is 0.281. The zero-order valence-electron chi connectivity index (χ0n) is 19.1. The monoisotopic (exact) mass is 428 g/mol. The SMILES string of the molecule is CCC(c1ccc(OCCCCCCO)cc1)c1ccc(OCCCCCCO)cc1. The van der Waals surface area contributed by atoms with Gasteiger partial charge < -0.3 is 19.7 Å². The number of hydrogen-bond acceptors (Lipinski definition) is 4. The molecule has 31 heavy (non-hydrogen) atoms. The van der Waals surface area contributed by atoms with Crippen molar-refractivity contribution in [2.75, 3.05) is 26.4 Å². The number of unbranched alkanes of at least 4 members (excludes halogenated alkanes) is 6. The van der Waals surface area contributed by atoms with Gasteiger partial charge in [-0.25, -0.2) is 0 Å². The summed E-state index contributed by atoms with van der Waals surface area (Å²) in [6, 6.07) is 17.0. The molecule has 0 fully saturated rings. The average Bonchev–Trinajstić information content (AvgIpc) is 2.81.